The van der Waals surface area contributed by atoms with Crippen LogP contribution in [-0.2, 0) is 14.8 Å². The van der Waals surface area contributed by atoms with E-state index in [2.05, 4.69) is 0 Å². The topological polar surface area (TPSA) is 63.2 Å². The van der Waals surface area contributed by atoms with Gasteiger partial charge < -0.3 is 0 Å². The Kier molecular flexibility index (Phi) is 3.70. The van der Waals surface area contributed by atoms with Gasteiger partial charge in [-0.3, -0.25) is 4.79 Å². The van der Waals surface area contributed by atoms with Crippen molar-refractivity contribution in [1.82, 2.24) is 4.72 Å². The number of benzene rings is 1. The smallest absolute Gasteiger partial charge is 0.264 e. The molecule has 1 amide bonds. The first-order valence-electron chi connectivity index (χ1n) is 4.97. The highest BCUT2D eigenvalue weighted by molar-refractivity contribution is 7.90. The van der Waals surface area contributed by atoms with Crippen LogP contribution in [0.5, 0.6) is 0 Å². The largest absolute Gasteiger partial charge is 0.274 e. The lowest BCUT2D eigenvalue weighted by molar-refractivity contribution is -0.117. The van der Waals surface area contributed by atoms with Crippen LogP contribution >= 0.6 is 0 Å². The lowest BCUT2D eigenvalue weighted by atomic mass is 10.0. The van der Waals surface area contributed by atoms with Gasteiger partial charge in [-0.1, -0.05) is 32.0 Å². The molecule has 0 radical (unpaired) electrons. The molecule has 0 aliphatic carbocycles. The van der Waals surface area contributed by atoms with Gasteiger partial charge >= 0.3 is 0 Å². The molecular formula is C11H17NO3S. The Morgan fingerprint density at radius 1 is 1.31 bits per heavy atom. The number of carbonyl (C=O) groups excluding carboxylic acids is 1. The molecule has 0 aromatic heterocycles. The monoisotopic (exact) mass is 243 g/mol. The van der Waals surface area contributed by atoms with Gasteiger partial charge in [0.25, 0.3) is 10.0 Å². The van der Waals surface area contributed by atoms with E-state index in [0.717, 1.165) is 0 Å². The summed E-state index contributed by atoms with van der Waals surface area (Å²) in [6.07, 6.45) is 0. The Morgan fingerprint density at radius 2 is 1.88 bits per heavy atom. The summed E-state index contributed by atoms with van der Waals surface area (Å²) in [5.41, 5.74) is 0.705. The Balaban J connectivity index is 0.00000256. The molecule has 0 atom stereocenters. The molecule has 0 aliphatic rings. The van der Waals surface area contributed by atoms with Gasteiger partial charge in [0.05, 0.1) is 4.90 Å². The van der Waals surface area contributed by atoms with Gasteiger partial charge in [0, 0.05) is 8.35 Å². The quantitative estimate of drug-likeness (QED) is 0.881. The third-order valence-corrected chi connectivity index (χ3v) is 3.62. The Labute approximate surface area is 97.2 Å². The number of amides is 1. The number of hydrogen-bond acceptors (Lipinski definition) is 3. The van der Waals surface area contributed by atoms with Gasteiger partial charge in [0.1, 0.15) is 0 Å². The van der Waals surface area contributed by atoms with Crippen molar-refractivity contribution in [3.63, 3.8) is 0 Å². The third kappa shape index (κ3) is 2.82. The minimum Gasteiger partial charge on any atom is -0.274 e. The van der Waals surface area contributed by atoms with E-state index in [1.807, 2.05) is 18.6 Å². The molecule has 0 spiro atoms. The first kappa shape index (κ1) is 12.7. The van der Waals surface area contributed by atoms with E-state index in [4.69, 9.17) is 0 Å². The summed E-state index contributed by atoms with van der Waals surface area (Å²) in [7, 11) is -3.73. The molecule has 16 heavy (non-hydrogen) atoms. The number of carbonyl (C=O) groups is 1. The zero-order chi connectivity index (χ0) is 12.3. The average Bonchev–Trinajstić information content (AvgIpc) is 2.15. The SMILES string of the molecule is CC(=O)NS(=O)(=O)c1ccccc1C(C)C.[HH]. The Hall–Kier alpha value is -1.36. The third-order valence-electron chi connectivity index (χ3n) is 2.11. The van der Waals surface area contributed by atoms with Crippen molar-refractivity contribution >= 4 is 15.9 Å². The predicted molar refractivity (Wildman–Crippen MR) is 63.6 cm³/mol. The summed E-state index contributed by atoms with van der Waals surface area (Å²) in [5, 5.41) is 0. The standard InChI is InChI=1S/C11H15NO3S.H2/c1-8(2)10-6-4-5-7-11(10)16(14,15)12-9(3)13;/h4-8H,1-3H3,(H,12,13);1H. The van der Waals surface area contributed by atoms with E-state index >= 15 is 0 Å². The van der Waals surface area contributed by atoms with Gasteiger partial charge in [-0.15, -0.1) is 0 Å². The van der Waals surface area contributed by atoms with E-state index in [1.165, 1.54) is 13.0 Å². The summed E-state index contributed by atoms with van der Waals surface area (Å²) in [5.74, 6) is -0.502. The van der Waals surface area contributed by atoms with Gasteiger partial charge in [0.2, 0.25) is 5.91 Å². The summed E-state index contributed by atoms with van der Waals surface area (Å²) in [4.78, 5) is 11.0. The molecule has 1 aromatic rings. The van der Waals surface area contributed by atoms with Crippen molar-refractivity contribution in [2.24, 2.45) is 0 Å². The number of rotatable bonds is 3. The number of nitrogens with one attached hydrogen (secondary N) is 1. The number of hydrogen-bond donors (Lipinski definition) is 1. The van der Waals surface area contributed by atoms with Crippen molar-refractivity contribution in [2.45, 2.75) is 31.6 Å². The minimum atomic E-state index is -3.73. The van der Waals surface area contributed by atoms with Crippen LogP contribution < -0.4 is 4.72 Å². The van der Waals surface area contributed by atoms with Crippen LogP contribution in [0, 0.1) is 0 Å². The molecule has 0 saturated carbocycles. The molecule has 0 aliphatic heterocycles. The molecule has 90 valence electrons. The van der Waals surface area contributed by atoms with E-state index in [9.17, 15) is 13.2 Å². The van der Waals surface area contributed by atoms with E-state index < -0.39 is 15.9 Å². The molecule has 1 aromatic carbocycles. The fourth-order valence-corrected chi connectivity index (χ4v) is 2.81. The van der Waals surface area contributed by atoms with Crippen LogP contribution in [-0.4, -0.2) is 14.3 Å². The summed E-state index contributed by atoms with van der Waals surface area (Å²) < 4.78 is 25.6. The average molecular weight is 243 g/mol. The zero-order valence-corrected chi connectivity index (χ0v) is 10.3. The van der Waals surface area contributed by atoms with Crippen LogP contribution in [0.2, 0.25) is 0 Å². The minimum absolute atomic E-state index is 0. The van der Waals surface area contributed by atoms with E-state index in [1.54, 1.807) is 18.2 Å². The summed E-state index contributed by atoms with van der Waals surface area (Å²) >= 11 is 0. The van der Waals surface area contributed by atoms with Gasteiger partial charge in [-0.25, -0.2) is 13.1 Å². The molecule has 5 heteroatoms. The molecule has 0 heterocycles. The molecule has 1 N–H and O–H groups in total. The lowest BCUT2D eigenvalue weighted by Crippen LogP contribution is -2.29. The van der Waals surface area contributed by atoms with Crippen LogP contribution in [0.1, 0.15) is 33.7 Å². The van der Waals surface area contributed by atoms with Gasteiger partial charge in [-0.2, -0.15) is 0 Å². The molecule has 0 fully saturated rings. The Morgan fingerprint density at radius 3 is 2.38 bits per heavy atom. The second-order valence-corrected chi connectivity index (χ2v) is 5.51. The van der Waals surface area contributed by atoms with Crippen molar-refractivity contribution in [2.75, 3.05) is 0 Å². The molecule has 0 bridgehead atoms. The molecule has 4 nitrogen and oxygen atoms in total. The summed E-state index contributed by atoms with van der Waals surface area (Å²) in [6.45, 7) is 4.99. The second-order valence-electron chi connectivity index (χ2n) is 3.85. The predicted octanol–water partition coefficient (Wildman–Crippen LogP) is 1.88. The highest BCUT2D eigenvalue weighted by atomic mass is 32.2. The molecular weight excluding hydrogens is 226 g/mol. The molecule has 0 unspecified atom stereocenters. The van der Waals surface area contributed by atoms with Crippen molar-refractivity contribution < 1.29 is 14.6 Å². The first-order valence-corrected chi connectivity index (χ1v) is 6.45. The second kappa shape index (κ2) is 4.65. The first-order chi connectivity index (χ1) is 7.34. The number of sulfonamides is 1. The highest BCUT2D eigenvalue weighted by Crippen LogP contribution is 2.22. The maximum Gasteiger partial charge on any atom is 0.264 e. The fraction of sp³-hybridized carbons (Fsp3) is 0.364. The fourth-order valence-electron chi connectivity index (χ4n) is 1.45. The van der Waals surface area contributed by atoms with Crippen molar-refractivity contribution in [1.29, 1.82) is 0 Å². The van der Waals surface area contributed by atoms with Crippen LogP contribution in [0.3, 0.4) is 0 Å². The van der Waals surface area contributed by atoms with Crippen molar-refractivity contribution in [3.8, 4) is 0 Å². The zero-order valence-electron chi connectivity index (χ0n) is 9.52. The van der Waals surface area contributed by atoms with Crippen LogP contribution in [0.15, 0.2) is 29.2 Å². The normalized spacial score (nSPS) is 11.5. The van der Waals surface area contributed by atoms with E-state index in [0.29, 0.717) is 5.56 Å². The highest BCUT2D eigenvalue weighted by Gasteiger charge is 2.20. The van der Waals surface area contributed by atoms with Crippen molar-refractivity contribution in [3.05, 3.63) is 29.8 Å². The van der Waals surface area contributed by atoms with Crippen LogP contribution in [0.4, 0.5) is 0 Å². The Bertz CT molecular complexity index is 497. The molecule has 0 saturated heterocycles. The molecule has 1 rings (SSSR count). The van der Waals surface area contributed by atoms with Crippen LogP contribution in [0.25, 0.3) is 0 Å². The maximum atomic E-state index is 11.8. The maximum absolute atomic E-state index is 11.8. The van der Waals surface area contributed by atoms with E-state index in [-0.39, 0.29) is 12.2 Å². The lowest BCUT2D eigenvalue weighted by Gasteiger charge is -2.12. The van der Waals surface area contributed by atoms with Gasteiger partial charge in [0.15, 0.2) is 0 Å². The van der Waals surface area contributed by atoms with Gasteiger partial charge in [-0.05, 0) is 17.5 Å². The summed E-state index contributed by atoms with van der Waals surface area (Å²) in [6, 6.07) is 6.67.